The Kier molecular flexibility index (Phi) is 6.53. The zero-order valence-corrected chi connectivity index (χ0v) is 18.2. The SMILES string of the molecule is CC(C)c1cccc(C(C)C)c1NC(=O)CN1C(=O)C(=O)N(Cc2ccccc2)C1=O. The molecule has 0 aliphatic carbocycles. The van der Waals surface area contributed by atoms with Crippen LogP contribution >= 0.6 is 0 Å². The molecule has 2 aromatic carbocycles. The van der Waals surface area contributed by atoms with Crippen molar-refractivity contribution < 1.29 is 19.2 Å². The molecule has 1 N–H and O–H groups in total. The lowest BCUT2D eigenvalue weighted by molar-refractivity contribution is -0.143. The van der Waals surface area contributed by atoms with Crippen LogP contribution in [-0.4, -0.2) is 40.1 Å². The molecule has 0 aromatic heterocycles. The van der Waals surface area contributed by atoms with E-state index in [1.165, 1.54) is 0 Å². The van der Waals surface area contributed by atoms with Gasteiger partial charge in [0.15, 0.2) is 0 Å². The van der Waals surface area contributed by atoms with Crippen molar-refractivity contribution in [2.24, 2.45) is 0 Å². The first-order chi connectivity index (χ1) is 14.7. The zero-order chi connectivity index (χ0) is 22.7. The van der Waals surface area contributed by atoms with E-state index in [1.807, 2.05) is 52.0 Å². The Morgan fingerprint density at radius 2 is 1.35 bits per heavy atom. The summed E-state index contributed by atoms with van der Waals surface area (Å²) in [7, 11) is 0. The zero-order valence-electron chi connectivity index (χ0n) is 18.2. The molecule has 0 atom stereocenters. The largest absolute Gasteiger partial charge is 0.335 e. The molecule has 7 nitrogen and oxygen atoms in total. The smallest absolute Gasteiger partial charge is 0.324 e. The first kappa shape index (κ1) is 22.2. The van der Waals surface area contributed by atoms with Gasteiger partial charge in [-0.25, -0.2) is 9.69 Å². The second kappa shape index (κ2) is 9.12. The van der Waals surface area contributed by atoms with Gasteiger partial charge >= 0.3 is 17.8 Å². The number of benzene rings is 2. The molecule has 162 valence electrons. The molecule has 1 saturated heterocycles. The predicted molar refractivity (Wildman–Crippen MR) is 117 cm³/mol. The Morgan fingerprint density at radius 3 is 1.90 bits per heavy atom. The summed E-state index contributed by atoms with van der Waals surface area (Å²) < 4.78 is 0. The highest BCUT2D eigenvalue weighted by atomic mass is 16.2. The maximum atomic E-state index is 12.8. The molecule has 0 spiro atoms. The maximum absolute atomic E-state index is 12.8. The third-order valence-electron chi connectivity index (χ3n) is 5.26. The van der Waals surface area contributed by atoms with Crippen molar-refractivity contribution in [3.8, 4) is 0 Å². The number of carbonyl (C=O) groups is 4. The van der Waals surface area contributed by atoms with E-state index in [-0.39, 0.29) is 18.4 Å². The average Bonchev–Trinajstić information content (AvgIpc) is 2.92. The molecule has 7 heteroatoms. The summed E-state index contributed by atoms with van der Waals surface area (Å²) >= 11 is 0. The fourth-order valence-corrected chi connectivity index (χ4v) is 3.61. The Balaban J connectivity index is 1.77. The van der Waals surface area contributed by atoms with Crippen LogP contribution in [0.15, 0.2) is 48.5 Å². The molecule has 0 radical (unpaired) electrons. The van der Waals surface area contributed by atoms with Crippen LogP contribution in [-0.2, 0) is 20.9 Å². The van der Waals surface area contributed by atoms with Gasteiger partial charge in [0.05, 0.1) is 6.54 Å². The Hall–Kier alpha value is -3.48. The maximum Gasteiger partial charge on any atom is 0.335 e. The van der Waals surface area contributed by atoms with Crippen LogP contribution in [0.1, 0.15) is 56.2 Å². The van der Waals surface area contributed by atoms with Gasteiger partial charge in [-0.3, -0.25) is 19.3 Å². The van der Waals surface area contributed by atoms with Gasteiger partial charge in [-0.15, -0.1) is 0 Å². The molecule has 0 unspecified atom stereocenters. The fourth-order valence-electron chi connectivity index (χ4n) is 3.61. The van der Waals surface area contributed by atoms with E-state index < -0.39 is 30.3 Å². The molecule has 3 rings (SSSR count). The highest BCUT2D eigenvalue weighted by Crippen LogP contribution is 2.32. The van der Waals surface area contributed by atoms with Gasteiger partial charge in [-0.1, -0.05) is 76.2 Å². The minimum atomic E-state index is -0.989. The number of hydrogen-bond acceptors (Lipinski definition) is 4. The Labute approximate surface area is 182 Å². The molecular weight excluding hydrogens is 394 g/mol. The van der Waals surface area contributed by atoms with E-state index in [2.05, 4.69) is 5.32 Å². The molecule has 5 amide bonds. The van der Waals surface area contributed by atoms with Gasteiger partial charge in [0, 0.05) is 5.69 Å². The van der Waals surface area contributed by atoms with Crippen LogP contribution in [0.25, 0.3) is 0 Å². The number of nitrogens with one attached hydrogen (secondary N) is 1. The van der Waals surface area contributed by atoms with Crippen LogP contribution in [0.2, 0.25) is 0 Å². The number of imide groups is 2. The summed E-state index contributed by atoms with van der Waals surface area (Å²) in [4.78, 5) is 51.8. The van der Waals surface area contributed by atoms with Gasteiger partial charge in [-0.2, -0.15) is 0 Å². The van der Waals surface area contributed by atoms with Gasteiger partial charge < -0.3 is 5.32 Å². The summed E-state index contributed by atoms with van der Waals surface area (Å²) in [6, 6.07) is 14.0. The van der Waals surface area contributed by atoms with Crippen LogP contribution in [0.4, 0.5) is 10.5 Å². The molecule has 31 heavy (non-hydrogen) atoms. The molecule has 0 saturated carbocycles. The number of urea groups is 1. The van der Waals surface area contributed by atoms with Crippen molar-refractivity contribution in [2.45, 2.75) is 46.1 Å². The fraction of sp³-hybridized carbons (Fsp3) is 0.333. The van der Waals surface area contributed by atoms with Crippen molar-refractivity contribution in [3.05, 3.63) is 65.2 Å². The van der Waals surface area contributed by atoms with Gasteiger partial charge in [0.2, 0.25) is 5.91 Å². The van der Waals surface area contributed by atoms with Gasteiger partial charge in [0.25, 0.3) is 0 Å². The molecule has 0 bridgehead atoms. The van der Waals surface area contributed by atoms with E-state index >= 15 is 0 Å². The number of hydrogen-bond donors (Lipinski definition) is 1. The molecule has 1 aliphatic heterocycles. The summed E-state index contributed by atoms with van der Waals surface area (Å²) in [5.74, 6) is -2.09. The first-order valence-electron chi connectivity index (χ1n) is 10.3. The monoisotopic (exact) mass is 421 g/mol. The van der Waals surface area contributed by atoms with Crippen LogP contribution < -0.4 is 5.32 Å². The standard InChI is InChI=1S/C24H27N3O4/c1-15(2)18-11-8-12-19(16(3)4)21(18)25-20(28)14-27-23(30)22(29)26(24(27)31)13-17-9-6-5-7-10-17/h5-12,15-16H,13-14H2,1-4H3,(H,25,28). The topological polar surface area (TPSA) is 86.8 Å². The summed E-state index contributed by atoms with van der Waals surface area (Å²) in [5.41, 5.74) is 3.36. The highest BCUT2D eigenvalue weighted by Gasteiger charge is 2.45. The van der Waals surface area contributed by atoms with Gasteiger partial charge in [0.1, 0.15) is 6.54 Å². The third-order valence-corrected chi connectivity index (χ3v) is 5.26. The van der Waals surface area contributed by atoms with Crippen LogP contribution in [0, 0.1) is 0 Å². The van der Waals surface area contributed by atoms with Crippen LogP contribution in [0.3, 0.4) is 0 Å². The molecule has 1 heterocycles. The van der Waals surface area contributed by atoms with Crippen molar-refractivity contribution in [1.29, 1.82) is 0 Å². The minimum absolute atomic E-state index is 0.0178. The third kappa shape index (κ3) is 4.66. The lowest BCUT2D eigenvalue weighted by atomic mass is 9.92. The van der Waals surface area contributed by atoms with Crippen molar-refractivity contribution in [2.75, 3.05) is 11.9 Å². The van der Waals surface area contributed by atoms with Gasteiger partial charge in [-0.05, 0) is 28.5 Å². The number of rotatable bonds is 7. The second-order valence-corrected chi connectivity index (χ2v) is 8.22. The molecular formula is C24H27N3O4. The normalized spacial score (nSPS) is 14.2. The average molecular weight is 421 g/mol. The lowest BCUT2D eigenvalue weighted by Crippen LogP contribution is -2.39. The van der Waals surface area contributed by atoms with Crippen molar-refractivity contribution >= 4 is 29.4 Å². The number of para-hydroxylation sites is 1. The summed E-state index contributed by atoms with van der Waals surface area (Å²) in [6.07, 6.45) is 0. The Morgan fingerprint density at radius 1 is 0.806 bits per heavy atom. The molecule has 1 aliphatic rings. The van der Waals surface area contributed by atoms with E-state index in [4.69, 9.17) is 0 Å². The predicted octanol–water partition coefficient (Wildman–Crippen LogP) is 3.86. The quantitative estimate of drug-likeness (QED) is 0.543. The lowest BCUT2D eigenvalue weighted by Gasteiger charge is -2.21. The van der Waals surface area contributed by atoms with E-state index in [9.17, 15) is 19.2 Å². The minimum Gasteiger partial charge on any atom is -0.324 e. The van der Waals surface area contributed by atoms with Crippen molar-refractivity contribution in [1.82, 2.24) is 9.80 Å². The number of nitrogens with zero attached hydrogens (tertiary/aromatic N) is 2. The number of amides is 5. The van der Waals surface area contributed by atoms with E-state index in [1.54, 1.807) is 24.3 Å². The van der Waals surface area contributed by atoms with Crippen molar-refractivity contribution in [3.63, 3.8) is 0 Å². The molecule has 2 aromatic rings. The van der Waals surface area contributed by atoms with E-state index in [0.29, 0.717) is 10.6 Å². The Bertz CT molecular complexity index is 988. The highest BCUT2D eigenvalue weighted by molar-refractivity contribution is 6.45. The summed E-state index contributed by atoms with van der Waals surface area (Å²) in [6.45, 7) is 7.59. The molecule has 1 fully saturated rings. The second-order valence-electron chi connectivity index (χ2n) is 8.22. The van der Waals surface area contributed by atoms with Crippen LogP contribution in [0.5, 0.6) is 0 Å². The number of anilines is 1. The summed E-state index contributed by atoms with van der Waals surface area (Å²) in [5, 5.41) is 2.87. The number of carbonyl (C=O) groups excluding carboxylic acids is 4. The van der Waals surface area contributed by atoms with E-state index in [0.717, 1.165) is 21.6 Å². The first-order valence-corrected chi connectivity index (χ1v) is 10.3.